The lowest BCUT2D eigenvalue weighted by molar-refractivity contribution is 0.463. The van der Waals surface area contributed by atoms with Crippen LogP contribution in [0.15, 0.2) is 21.2 Å². The molecule has 1 aromatic rings. The van der Waals surface area contributed by atoms with E-state index in [1.807, 2.05) is 12.1 Å². The number of halogens is 1. The Labute approximate surface area is 103 Å². The zero-order chi connectivity index (χ0) is 11.6. The van der Waals surface area contributed by atoms with Gasteiger partial charge < -0.3 is 9.73 Å². The van der Waals surface area contributed by atoms with E-state index in [-0.39, 0.29) is 5.25 Å². The number of nitrogens with one attached hydrogen (secondary N) is 1. The van der Waals surface area contributed by atoms with Gasteiger partial charge in [-0.15, -0.1) is 0 Å². The first kappa shape index (κ1) is 12.1. The summed E-state index contributed by atoms with van der Waals surface area (Å²) >= 11 is 3.22. The Morgan fingerprint density at radius 1 is 1.50 bits per heavy atom. The van der Waals surface area contributed by atoms with E-state index in [4.69, 9.17) is 4.42 Å². The molecule has 1 N–H and O–H groups in total. The topological polar surface area (TPSA) is 59.3 Å². The predicted octanol–water partition coefficient (Wildman–Crippen LogP) is 1.71. The van der Waals surface area contributed by atoms with Crippen LogP contribution in [0.25, 0.3) is 0 Å². The fourth-order valence-electron chi connectivity index (χ4n) is 1.89. The molecule has 0 aliphatic carbocycles. The van der Waals surface area contributed by atoms with E-state index in [1.165, 1.54) is 0 Å². The van der Waals surface area contributed by atoms with Crippen LogP contribution in [0.5, 0.6) is 0 Å². The molecule has 4 nitrogen and oxygen atoms in total. The van der Waals surface area contributed by atoms with Gasteiger partial charge in [0.1, 0.15) is 5.76 Å². The Bertz CT molecular complexity index is 454. The van der Waals surface area contributed by atoms with Crippen molar-refractivity contribution in [3.05, 3.63) is 22.6 Å². The highest BCUT2D eigenvalue weighted by Gasteiger charge is 2.30. The molecule has 0 aromatic carbocycles. The molecule has 0 bridgehead atoms. The minimum absolute atomic E-state index is 0.217. The zero-order valence-corrected chi connectivity index (χ0v) is 11.2. The van der Waals surface area contributed by atoms with E-state index in [1.54, 1.807) is 0 Å². The number of furan rings is 1. The third-order valence-electron chi connectivity index (χ3n) is 2.76. The molecule has 0 radical (unpaired) electrons. The monoisotopic (exact) mass is 307 g/mol. The van der Waals surface area contributed by atoms with Crippen molar-refractivity contribution in [3.63, 3.8) is 0 Å². The van der Waals surface area contributed by atoms with Gasteiger partial charge in [-0.3, -0.25) is 0 Å². The van der Waals surface area contributed by atoms with E-state index in [0.29, 0.717) is 23.5 Å². The summed E-state index contributed by atoms with van der Waals surface area (Å²) in [6.45, 7) is 1.08. The lowest BCUT2D eigenvalue weighted by Crippen LogP contribution is -2.30. The summed E-state index contributed by atoms with van der Waals surface area (Å²) in [6, 6.07) is 3.68. The van der Waals surface area contributed by atoms with Crippen molar-refractivity contribution < 1.29 is 12.8 Å². The van der Waals surface area contributed by atoms with Gasteiger partial charge in [0.25, 0.3) is 0 Å². The van der Waals surface area contributed by atoms with Crippen molar-refractivity contribution in [2.75, 3.05) is 12.3 Å². The van der Waals surface area contributed by atoms with Gasteiger partial charge >= 0.3 is 0 Å². The summed E-state index contributed by atoms with van der Waals surface area (Å²) in [4.78, 5) is 0. The van der Waals surface area contributed by atoms with Gasteiger partial charge in [-0.2, -0.15) is 0 Å². The fourth-order valence-corrected chi connectivity index (χ4v) is 4.03. The molecule has 1 aliphatic rings. The maximum atomic E-state index is 11.5. The molecule has 0 saturated carbocycles. The molecule has 1 saturated heterocycles. The quantitative estimate of drug-likeness (QED) is 0.920. The Balaban J connectivity index is 1.80. The van der Waals surface area contributed by atoms with Crippen LogP contribution in [-0.4, -0.2) is 26.0 Å². The summed E-state index contributed by atoms with van der Waals surface area (Å²) in [5.41, 5.74) is 0. The van der Waals surface area contributed by atoms with E-state index >= 15 is 0 Å². The van der Waals surface area contributed by atoms with Crippen LogP contribution in [0.1, 0.15) is 18.6 Å². The summed E-state index contributed by atoms with van der Waals surface area (Å²) in [5, 5.41) is 2.90. The van der Waals surface area contributed by atoms with Gasteiger partial charge in [0.15, 0.2) is 14.5 Å². The van der Waals surface area contributed by atoms with Crippen molar-refractivity contribution in [3.8, 4) is 0 Å². The molecule has 90 valence electrons. The first-order valence-corrected chi connectivity index (χ1v) is 7.75. The lowest BCUT2D eigenvalue weighted by Gasteiger charge is -2.09. The normalized spacial score (nSPS) is 23.7. The van der Waals surface area contributed by atoms with Gasteiger partial charge in [0, 0.05) is 6.54 Å². The Morgan fingerprint density at radius 2 is 2.31 bits per heavy atom. The molecule has 1 atom stereocenters. The van der Waals surface area contributed by atoms with Crippen LogP contribution in [0.3, 0.4) is 0 Å². The van der Waals surface area contributed by atoms with E-state index in [9.17, 15) is 8.42 Å². The molecular formula is C10H14BrNO3S. The van der Waals surface area contributed by atoms with Crippen molar-refractivity contribution in [1.29, 1.82) is 0 Å². The molecule has 1 fully saturated rings. The van der Waals surface area contributed by atoms with Crippen molar-refractivity contribution in [2.24, 2.45) is 0 Å². The molecule has 1 aromatic heterocycles. The Morgan fingerprint density at radius 3 is 2.88 bits per heavy atom. The maximum Gasteiger partial charge on any atom is 0.169 e. The minimum Gasteiger partial charge on any atom is -0.453 e. The number of hydrogen-bond donors (Lipinski definition) is 1. The third-order valence-corrected chi connectivity index (χ3v) is 5.46. The molecule has 1 aliphatic heterocycles. The second-order valence-corrected chi connectivity index (χ2v) is 7.15. The second kappa shape index (κ2) is 4.89. The average Bonchev–Trinajstić information content (AvgIpc) is 2.74. The number of sulfone groups is 1. The van der Waals surface area contributed by atoms with Crippen molar-refractivity contribution in [1.82, 2.24) is 5.32 Å². The lowest BCUT2D eigenvalue weighted by atomic mass is 10.2. The standard InChI is InChI=1S/C10H14BrNO3S/c11-10-4-3-8(15-10)6-12-7-9-2-1-5-16(9,13)14/h3-4,9,12H,1-2,5-7H2. The summed E-state index contributed by atoms with van der Waals surface area (Å²) < 4.78 is 29.1. The SMILES string of the molecule is O=S1(=O)CCCC1CNCc1ccc(Br)o1. The molecule has 0 spiro atoms. The van der Waals surface area contributed by atoms with Gasteiger partial charge in [-0.25, -0.2) is 8.42 Å². The van der Waals surface area contributed by atoms with E-state index in [2.05, 4.69) is 21.2 Å². The predicted molar refractivity (Wildman–Crippen MR) is 64.9 cm³/mol. The fraction of sp³-hybridized carbons (Fsp3) is 0.600. The van der Waals surface area contributed by atoms with Crippen molar-refractivity contribution in [2.45, 2.75) is 24.6 Å². The Kier molecular flexibility index (Phi) is 3.71. The van der Waals surface area contributed by atoms with Gasteiger partial charge in [-0.05, 0) is 40.9 Å². The smallest absolute Gasteiger partial charge is 0.169 e. The van der Waals surface area contributed by atoms with Crippen LogP contribution in [0, 0.1) is 0 Å². The molecular weight excluding hydrogens is 294 g/mol. The van der Waals surface area contributed by atoms with Crippen LogP contribution in [-0.2, 0) is 16.4 Å². The highest BCUT2D eigenvalue weighted by molar-refractivity contribution is 9.10. The molecule has 0 amide bonds. The average molecular weight is 308 g/mol. The maximum absolute atomic E-state index is 11.5. The first-order valence-electron chi connectivity index (χ1n) is 5.24. The van der Waals surface area contributed by atoms with Crippen LogP contribution in [0.4, 0.5) is 0 Å². The number of hydrogen-bond acceptors (Lipinski definition) is 4. The molecule has 6 heteroatoms. The zero-order valence-electron chi connectivity index (χ0n) is 8.78. The Hall–Kier alpha value is -0.330. The summed E-state index contributed by atoms with van der Waals surface area (Å²) in [7, 11) is -2.84. The van der Waals surface area contributed by atoms with Gasteiger partial charge in [0.05, 0.1) is 17.5 Å². The van der Waals surface area contributed by atoms with Crippen LogP contribution < -0.4 is 5.32 Å². The minimum atomic E-state index is -2.84. The van der Waals surface area contributed by atoms with Crippen LogP contribution in [0.2, 0.25) is 0 Å². The highest BCUT2D eigenvalue weighted by Crippen LogP contribution is 2.19. The van der Waals surface area contributed by atoms with Gasteiger partial charge in [-0.1, -0.05) is 0 Å². The molecule has 2 rings (SSSR count). The summed E-state index contributed by atoms with van der Waals surface area (Å²) in [5.74, 6) is 1.15. The largest absolute Gasteiger partial charge is 0.453 e. The summed E-state index contributed by atoms with van der Waals surface area (Å²) in [6.07, 6.45) is 1.57. The van der Waals surface area contributed by atoms with Crippen molar-refractivity contribution >= 4 is 25.8 Å². The number of rotatable bonds is 4. The van der Waals surface area contributed by atoms with E-state index in [0.717, 1.165) is 18.6 Å². The highest BCUT2D eigenvalue weighted by atomic mass is 79.9. The molecule has 16 heavy (non-hydrogen) atoms. The second-order valence-electron chi connectivity index (χ2n) is 3.97. The molecule has 1 unspecified atom stereocenters. The van der Waals surface area contributed by atoms with E-state index < -0.39 is 9.84 Å². The first-order chi connectivity index (χ1) is 7.58. The van der Waals surface area contributed by atoms with Gasteiger partial charge in [0.2, 0.25) is 0 Å². The molecule has 2 heterocycles. The van der Waals surface area contributed by atoms with Crippen LogP contribution >= 0.6 is 15.9 Å². The third kappa shape index (κ3) is 2.87.